The van der Waals surface area contributed by atoms with Crippen LogP contribution in [0.4, 0.5) is 30.7 Å². The Bertz CT molecular complexity index is 1410. The Morgan fingerprint density at radius 3 is 1.89 bits per heavy atom. The van der Waals surface area contributed by atoms with Crippen molar-refractivity contribution in [3.63, 3.8) is 0 Å². The van der Waals surface area contributed by atoms with Gasteiger partial charge < -0.3 is 9.80 Å². The van der Waals surface area contributed by atoms with Gasteiger partial charge in [-0.3, -0.25) is 4.79 Å². The van der Waals surface area contributed by atoms with Crippen LogP contribution in [-0.4, -0.2) is 41.4 Å². The molecule has 3 aromatic carbocycles. The number of rotatable bonds is 7. The molecule has 2 fully saturated rings. The zero-order valence-electron chi connectivity index (χ0n) is 25.1. The Morgan fingerprint density at radius 2 is 1.38 bits per heavy atom. The molecule has 1 aliphatic heterocycles. The molecule has 1 saturated carbocycles. The maximum absolute atomic E-state index is 13.5. The first-order chi connectivity index (χ1) is 21.2. The number of halogens is 7. The molecule has 1 heterocycles. The fourth-order valence-electron chi connectivity index (χ4n) is 7.16. The zero-order chi connectivity index (χ0) is 32.4. The highest BCUT2D eigenvalue weighted by atomic mass is 19.4. The van der Waals surface area contributed by atoms with E-state index < -0.39 is 34.8 Å². The Kier molecular flexibility index (Phi) is 9.63. The second-order valence-corrected chi connectivity index (χ2v) is 12.5. The van der Waals surface area contributed by atoms with Gasteiger partial charge in [-0.1, -0.05) is 42.5 Å². The quantitative estimate of drug-likeness (QED) is 0.242. The number of nitrogens with zero attached hydrogens (tertiary/aromatic N) is 2. The normalized spacial score (nSPS) is 21.9. The summed E-state index contributed by atoms with van der Waals surface area (Å²) in [6.45, 7) is 2.96. The van der Waals surface area contributed by atoms with Crippen LogP contribution in [0.1, 0.15) is 79.2 Å². The van der Waals surface area contributed by atoms with Gasteiger partial charge in [0.2, 0.25) is 5.91 Å². The predicted octanol–water partition coefficient (Wildman–Crippen LogP) is 8.97. The van der Waals surface area contributed by atoms with E-state index in [1.807, 2.05) is 42.5 Å². The van der Waals surface area contributed by atoms with E-state index in [0.29, 0.717) is 24.1 Å². The van der Waals surface area contributed by atoms with E-state index in [4.69, 9.17) is 0 Å². The molecule has 1 saturated heterocycles. The van der Waals surface area contributed by atoms with Gasteiger partial charge in [0, 0.05) is 31.5 Å². The average molecular weight is 635 g/mol. The minimum atomic E-state index is -4.96. The van der Waals surface area contributed by atoms with Crippen LogP contribution in [0, 0.1) is 5.82 Å². The fourth-order valence-corrected chi connectivity index (χ4v) is 7.16. The SMILES string of the molecule is CC(=O)N(Cc1cc(C(F)(F)F)cc(C(F)(F)F)c1)CC1(c2ccccc2)CCC(N2CCC(c3ccc(F)cc3)CC2)CC1. The first kappa shape index (κ1) is 33.0. The fraction of sp³-hybridized carbons (Fsp3) is 0.457. The molecule has 0 aromatic heterocycles. The van der Waals surface area contributed by atoms with E-state index >= 15 is 0 Å². The molecule has 2 aliphatic rings. The van der Waals surface area contributed by atoms with Gasteiger partial charge in [0.15, 0.2) is 0 Å². The third kappa shape index (κ3) is 7.88. The van der Waals surface area contributed by atoms with E-state index in [2.05, 4.69) is 4.90 Å². The Labute approximate surface area is 259 Å². The lowest BCUT2D eigenvalue weighted by atomic mass is 9.67. The van der Waals surface area contributed by atoms with Crippen molar-refractivity contribution < 1.29 is 35.5 Å². The summed E-state index contributed by atoms with van der Waals surface area (Å²) >= 11 is 0. The summed E-state index contributed by atoms with van der Waals surface area (Å²) < 4.78 is 94.6. The van der Waals surface area contributed by atoms with Gasteiger partial charge in [-0.25, -0.2) is 4.39 Å². The molecule has 45 heavy (non-hydrogen) atoms. The first-order valence-electron chi connectivity index (χ1n) is 15.3. The van der Waals surface area contributed by atoms with Crippen LogP contribution in [0.25, 0.3) is 0 Å². The molecule has 0 N–H and O–H groups in total. The lowest BCUT2D eigenvalue weighted by Gasteiger charge is -2.47. The van der Waals surface area contributed by atoms with Crippen molar-refractivity contribution in [2.45, 2.75) is 81.7 Å². The van der Waals surface area contributed by atoms with Crippen LogP contribution in [0.3, 0.4) is 0 Å². The molecular formula is C35H37F7N2O. The molecule has 0 atom stereocenters. The van der Waals surface area contributed by atoms with Crippen LogP contribution in [0.2, 0.25) is 0 Å². The largest absolute Gasteiger partial charge is 0.416 e. The van der Waals surface area contributed by atoms with Crippen LogP contribution >= 0.6 is 0 Å². The van der Waals surface area contributed by atoms with Crippen molar-refractivity contribution in [3.05, 3.63) is 106 Å². The van der Waals surface area contributed by atoms with E-state index in [1.54, 1.807) is 0 Å². The Balaban J connectivity index is 1.33. The summed E-state index contributed by atoms with van der Waals surface area (Å²) in [5.41, 5.74) is -1.34. The molecule has 5 rings (SSSR count). The molecule has 1 aliphatic carbocycles. The third-order valence-electron chi connectivity index (χ3n) is 9.65. The molecule has 10 heteroatoms. The molecule has 0 unspecified atom stereocenters. The van der Waals surface area contributed by atoms with E-state index in [1.165, 1.54) is 24.0 Å². The van der Waals surface area contributed by atoms with Crippen molar-refractivity contribution >= 4 is 5.91 Å². The van der Waals surface area contributed by atoms with E-state index in [0.717, 1.165) is 62.7 Å². The molecule has 3 aromatic rings. The van der Waals surface area contributed by atoms with Crippen molar-refractivity contribution in [1.29, 1.82) is 0 Å². The Hall–Kier alpha value is -3.40. The van der Waals surface area contributed by atoms with Crippen molar-refractivity contribution in [3.8, 4) is 0 Å². The molecular weight excluding hydrogens is 597 g/mol. The standard InChI is InChI=1S/C35H37F7N2O/c1-24(45)44(22-25-19-29(34(37,38)39)21-30(20-25)35(40,41)42)23-33(28-5-3-2-4-6-28)15-11-32(12-16-33)43-17-13-27(14-18-43)26-7-9-31(36)10-8-26/h2-10,19-21,27,32H,11-18,22-23H2,1H3. The molecule has 0 radical (unpaired) electrons. The van der Waals surface area contributed by atoms with Gasteiger partial charge in [-0.05, 0) is 105 Å². The second kappa shape index (κ2) is 13.1. The van der Waals surface area contributed by atoms with Crippen molar-refractivity contribution in [1.82, 2.24) is 9.80 Å². The smallest absolute Gasteiger partial charge is 0.338 e. The third-order valence-corrected chi connectivity index (χ3v) is 9.65. The highest BCUT2D eigenvalue weighted by Crippen LogP contribution is 2.43. The predicted molar refractivity (Wildman–Crippen MR) is 158 cm³/mol. The molecule has 1 amide bonds. The minimum Gasteiger partial charge on any atom is -0.338 e. The number of benzene rings is 3. The summed E-state index contributed by atoms with van der Waals surface area (Å²) in [6.07, 6.45) is -4.84. The van der Waals surface area contributed by atoms with Crippen LogP contribution in [0.15, 0.2) is 72.8 Å². The minimum absolute atomic E-state index is 0.108. The average Bonchev–Trinajstić information content (AvgIpc) is 3.01. The molecule has 3 nitrogen and oxygen atoms in total. The van der Waals surface area contributed by atoms with Gasteiger partial charge in [0.25, 0.3) is 0 Å². The van der Waals surface area contributed by atoms with Gasteiger partial charge in [-0.2, -0.15) is 26.3 Å². The number of hydrogen-bond acceptors (Lipinski definition) is 2. The van der Waals surface area contributed by atoms with Gasteiger partial charge in [0.05, 0.1) is 11.1 Å². The van der Waals surface area contributed by atoms with Crippen LogP contribution in [0.5, 0.6) is 0 Å². The van der Waals surface area contributed by atoms with E-state index in [-0.39, 0.29) is 30.5 Å². The number of amides is 1. The lowest BCUT2D eigenvalue weighted by molar-refractivity contribution is -0.143. The zero-order valence-corrected chi connectivity index (χ0v) is 25.1. The van der Waals surface area contributed by atoms with Crippen LogP contribution < -0.4 is 0 Å². The monoisotopic (exact) mass is 634 g/mol. The summed E-state index contributed by atoms with van der Waals surface area (Å²) in [7, 11) is 0. The van der Waals surface area contributed by atoms with Gasteiger partial charge >= 0.3 is 12.4 Å². The highest BCUT2D eigenvalue weighted by Gasteiger charge is 2.42. The van der Waals surface area contributed by atoms with Crippen LogP contribution in [-0.2, 0) is 29.1 Å². The van der Waals surface area contributed by atoms with Gasteiger partial charge in [-0.15, -0.1) is 0 Å². The van der Waals surface area contributed by atoms with Crippen molar-refractivity contribution in [2.75, 3.05) is 19.6 Å². The highest BCUT2D eigenvalue weighted by molar-refractivity contribution is 5.73. The number of alkyl halides is 6. The summed E-state index contributed by atoms with van der Waals surface area (Å²) in [6, 6.07) is 18.2. The number of carbonyl (C=O) groups is 1. The lowest BCUT2D eigenvalue weighted by Crippen LogP contribution is -2.49. The summed E-state index contributed by atoms with van der Waals surface area (Å²) in [4.78, 5) is 16.8. The van der Waals surface area contributed by atoms with E-state index in [9.17, 15) is 35.5 Å². The number of carbonyl (C=O) groups excluding carboxylic acids is 1. The summed E-state index contributed by atoms with van der Waals surface area (Å²) in [5, 5.41) is 0. The Morgan fingerprint density at radius 1 is 0.822 bits per heavy atom. The molecule has 0 bridgehead atoms. The molecule has 0 spiro atoms. The number of likely N-dealkylation sites (tertiary alicyclic amines) is 1. The maximum atomic E-state index is 13.5. The van der Waals surface area contributed by atoms with Crippen molar-refractivity contribution in [2.24, 2.45) is 0 Å². The topological polar surface area (TPSA) is 23.6 Å². The first-order valence-corrected chi connectivity index (χ1v) is 15.3. The maximum Gasteiger partial charge on any atom is 0.416 e. The number of piperidine rings is 1. The number of hydrogen-bond donors (Lipinski definition) is 0. The summed E-state index contributed by atoms with van der Waals surface area (Å²) in [5.74, 6) is -0.280. The van der Waals surface area contributed by atoms with Gasteiger partial charge in [0.1, 0.15) is 5.82 Å². The molecule has 242 valence electrons. The second-order valence-electron chi connectivity index (χ2n) is 12.5.